The zero-order chi connectivity index (χ0) is 14.8. The second kappa shape index (κ2) is 9.53. The molecule has 1 rings (SSSR count). The highest BCUT2D eigenvalue weighted by molar-refractivity contribution is 9.10. The van der Waals surface area contributed by atoms with Crippen molar-refractivity contribution in [1.82, 2.24) is 0 Å². The molecule has 1 amide bonds. The lowest BCUT2D eigenvalue weighted by molar-refractivity contribution is -0.143. The molecule has 0 heterocycles. The molecule has 0 spiro atoms. The fourth-order valence-electron chi connectivity index (χ4n) is 1.57. The van der Waals surface area contributed by atoms with Crippen molar-refractivity contribution in [3.8, 4) is 0 Å². The van der Waals surface area contributed by atoms with Gasteiger partial charge in [-0.1, -0.05) is 25.5 Å². The predicted octanol–water partition coefficient (Wildman–Crippen LogP) is 3.90. The van der Waals surface area contributed by atoms with Crippen LogP contribution in [0.2, 0.25) is 0 Å². The molecule has 0 aliphatic rings. The maximum atomic E-state index is 11.7. The Labute approximate surface area is 128 Å². The molecule has 0 aliphatic heterocycles. The molecule has 0 saturated carbocycles. The Morgan fingerprint density at radius 1 is 1.20 bits per heavy atom. The van der Waals surface area contributed by atoms with Crippen LogP contribution in [-0.4, -0.2) is 18.5 Å². The molecule has 0 bridgehead atoms. The molecule has 0 unspecified atom stereocenters. The summed E-state index contributed by atoms with van der Waals surface area (Å²) in [5, 5.41) is 2.80. The van der Waals surface area contributed by atoms with Crippen LogP contribution in [0.1, 0.15) is 39.0 Å². The van der Waals surface area contributed by atoms with Crippen LogP contribution in [0.5, 0.6) is 0 Å². The second-order valence-electron chi connectivity index (χ2n) is 4.46. The summed E-state index contributed by atoms with van der Waals surface area (Å²) in [6, 6.07) is 7.42. The Morgan fingerprint density at radius 3 is 2.65 bits per heavy atom. The standard InChI is InChI=1S/C15H20BrNO3/c1-2-3-11-20-15(19)10-6-9-14(18)17-13-8-5-4-7-12(13)16/h4-5,7-8H,2-3,6,9-11H2,1H3,(H,17,18). The monoisotopic (exact) mass is 341 g/mol. The topological polar surface area (TPSA) is 55.4 Å². The Bertz CT molecular complexity index is 448. The molecule has 0 fully saturated rings. The van der Waals surface area contributed by atoms with Crippen LogP contribution in [0.25, 0.3) is 0 Å². The van der Waals surface area contributed by atoms with Gasteiger partial charge in [-0.05, 0) is 40.9 Å². The predicted molar refractivity (Wildman–Crippen MR) is 82.5 cm³/mol. The number of carbonyl (C=O) groups excluding carboxylic acids is 2. The van der Waals surface area contributed by atoms with Gasteiger partial charge in [-0.15, -0.1) is 0 Å². The van der Waals surface area contributed by atoms with Crippen molar-refractivity contribution in [2.45, 2.75) is 39.0 Å². The number of esters is 1. The number of ether oxygens (including phenoxy) is 1. The molecule has 1 aromatic carbocycles. The number of unbranched alkanes of at least 4 members (excludes halogenated alkanes) is 1. The smallest absolute Gasteiger partial charge is 0.305 e. The first kappa shape index (κ1) is 16.7. The number of benzene rings is 1. The van der Waals surface area contributed by atoms with E-state index in [4.69, 9.17) is 4.74 Å². The Hall–Kier alpha value is -1.36. The third-order valence-corrected chi connectivity index (χ3v) is 3.39. The van der Waals surface area contributed by atoms with E-state index in [1.807, 2.05) is 31.2 Å². The number of para-hydroxylation sites is 1. The average Bonchev–Trinajstić information content (AvgIpc) is 2.42. The number of hydrogen-bond acceptors (Lipinski definition) is 3. The Morgan fingerprint density at radius 2 is 1.95 bits per heavy atom. The number of rotatable bonds is 8. The van der Waals surface area contributed by atoms with Crippen molar-refractivity contribution in [1.29, 1.82) is 0 Å². The van der Waals surface area contributed by atoms with Crippen LogP contribution in [0.4, 0.5) is 5.69 Å². The number of halogens is 1. The third-order valence-electron chi connectivity index (χ3n) is 2.69. The molecule has 20 heavy (non-hydrogen) atoms. The van der Waals surface area contributed by atoms with E-state index in [1.54, 1.807) is 0 Å². The lowest BCUT2D eigenvalue weighted by atomic mass is 10.2. The van der Waals surface area contributed by atoms with Gasteiger partial charge >= 0.3 is 5.97 Å². The first-order valence-corrected chi connectivity index (χ1v) is 7.62. The van der Waals surface area contributed by atoms with E-state index in [0.717, 1.165) is 23.0 Å². The van der Waals surface area contributed by atoms with Gasteiger partial charge in [0.25, 0.3) is 0 Å². The summed E-state index contributed by atoms with van der Waals surface area (Å²) in [7, 11) is 0. The molecule has 0 radical (unpaired) electrons. The fourth-order valence-corrected chi connectivity index (χ4v) is 1.95. The summed E-state index contributed by atoms with van der Waals surface area (Å²) < 4.78 is 5.86. The first-order valence-electron chi connectivity index (χ1n) is 6.83. The molecular formula is C15H20BrNO3. The van der Waals surface area contributed by atoms with E-state index in [2.05, 4.69) is 21.2 Å². The molecule has 110 valence electrons. The highest BCUT2D eigenvalue weighted by atomic mass is 79.9. The summed E-state index contributed by atoms with van der Waals surface area (Å²) in [6.45, 7) is 2.51. The van der Waals surface area contributed by atoms with E-state index >= 15 is 0 Å². The first-order chi connectivity index (χ1) is 9.63. The molecule has 1 aromatic rings. The Balaban J connectivity index is 2.20. The van der Waals surface area contributed by atoms with Crippen molar-refractivity contribution in [2.24, 2.45) is 0 Å². The summed E-state index contributed by atoms with van der Waals surface area (Å²) in [4.78, 5) is 23.1. The van der Waals surface area contributed by atoms with E-state index < -0.39 is 0 Å². The second-order valence-corrected chi connectivity index (χ2v) is 5.31. The highest BCUT2D eigenvalue weighted by Gasteiger charge is 2.07. The molecular weight excluding hydrogens is 322 g/mol. The minimum absolute atomic E-state index is 0.0988. The zero-order valence-electron chi connectivity index (χ0n) is 11.7. The number of hydrogen-bond donors (Lipinski definition) is 1. The molecule has 1 N–H and O–H groups in total. The van der Waals surface area contributed by atoms with Gasteiger partial charge in [-0.3, -0.25) is 9.59 Å². The van der Waals surface area contributed by atoms with E-state index in [1.165, 1.54) is 0 Å². The lowest BCUT2D eigenvalue weighted by Crippen LogP contribution is -2.13. The SMILES string of the molecule is CCCCOC(=O)CCCC(=O)Nc1ccccc1Br. The van der Waals surface area contributed by atoms with Gasteiger partial charge in [0.05, 0.1) is 12.3 Å². The third kappa shape index (κ3) is 6.70. The van der Waals surface area contributed by atoms with Gasteiger partial charge in [-0.2, -0.15) is 0 Å². The van der Waals surface area contributed by atoms with Gasteiger partial charge < -0.3 is 10.1 Å². The van der Waals surface area contributed by atoms with Gasteiger partial charge in [0, 0.05) is 17.3 Å². The molecule has 0 atom stereocenters. The number of amides is 1. The van der Waals surface area contributed by atoms with E-state index in [-0.39, 0.29) is 18.3 Å². The summed E-state index contributed by atoms with van der Waals surface area (Å²) >= 11 is 3.36. The fraction of sp³-hybridized carbons (Fsp3) is 0.467. The molecule has 0 saturated heterocycles. The summed E-state index contributed by atoms with van der Waals surface area (Å²) in [6.07, 6.45) is 2.98. The minimum atomic E-state index is -0.229. The van der Waals surface area contributed by atoms with Crippen LogP contribution in [-0.2, 0) is 14.3 Å². The molecule has 4 nitrogen and oxygen atoms in total. The van der Waals surface area contributed by atoms with E-state index in [9.17, 15) is 9.59 Å². The number of anilines is 1. The van der Waals surface area contributed by atoms with Crippen LogP contribution >= 0.6 is 15.9 Å². The average molecular weight is 342 g/mol. The van der Waals surface area contributed by atoms with Crippen LogP contribution < -0.4 is 5.32 Å². The van der Waals surface area contributed by atoms with Gasteiger partial charge in [-0.25, -0.2) is 0 Å². The van der Waals surface area contributed by atoms with Gasteiger partial charge in [0.2, 0.25) is 5.91 Å². The van der Waals surface area contributed by atoms with Crippen molar-refractivity contribution >= 4 is 33.5 Å². The van der Waals surface area contributed by atoms with Gasteiger partial charge in [0.1, 0.15) is 0 Å². The maximum Gasteiger partial charge on any atom is 0.305 e. The quantitative estimate of drug-likeness (QED) is 0.576. The van der Waals surface area contributed by atoms with Crippen LogP contribution in [0, 0.1) is 0 Å². The van der Waals surface area contributed by atoms with Crippen LogP contribution in [0.15, 0.2) is 28.7 Å². The van der Waals surface area contributed by atoms with E-state index in [0.29, 0.717) is 19.4 Å². The van der Waals surface area contributed by atoms with Crippen molar-refractivity contribution in [3.05, 3.63) is 28.7 Å². The number of nitrogens with one attached hydrogen (secondary N) is 1. The molecule has 0 aliphatic carbocycles. The molecule has 0 aromatic heterocycles. The summed E-state index contributed by atoms with van der Waals surface area (Å²) in [5.74, 6) is -0.328. The van der Waals surface area contributed by atoms with Crippen molar-refractivity contribution in [3.63, 3.8) is 0 Å². The highest BCUT2D eigenvalue weighted by Crippen LogP contribution is 2.21. The largest absolute Gasteiger partial charge is 0.466 e. The zero-order valence-corrected chi connectivity index (χ0v) is 13.2. The van der Waals surface area contributed by atoms with Gasteiger partial charge in [0.15, 0.2) is 0 Å². The Kier molecular flexibility index (Phi) is 7.95. The molecule has 5 heteroatoms. The van der Waals surface area contributed by atoms with Crippen molar-refractivity contribution in [2.75, 3.05) is 11.9 Å². The van der Waals surface area contributed by atoms with Crippen LogP contribution in [0.3, 0.4) is 0 Å². The number of carbonyl (C=O) groups is 2. The summed E-state index contributed by atoms with van der Waals surface area (Å²) in [5.41, 5.74) is 0.739. The van der Waals surface area contributed by atoms with Crippen molar-refractivity contribution < 1.29 is 14.3 Å². The lowest BCUT2D eigenvalue weighted by Gasteiger charge is -2.07. The minimum Gasteiger partial charge on any atom is -0.466 e. The normalized spacial score (nSPS) is 10.1. The maximum absolute atomic E-state index is 11.7.